The van der Waals surface area contributed by atoms with Crippen molar-refractivity contribution in [2.24, 2.45) is 0 Å². The molecule has 2 rings (SSSR count). The number of hydrogen-bond acceptors (Lipinski definition) is 7. The zero-order valence-electron chi connectivity index (χ0n) is 12.2. The van der Waals surface area contributed by atoms with Gasteiger partial charge in [0.1, 0.15) is 5.00 Å². The van der Waals surface area contributed by atoms with Crippen molar-refractivity contribution in [3.05, 3.63) is 0 Å². The fourth-order valence-electron chi connectivity index (χ4n) is 2.26. The molecule has 1 unspecified atom stereocenters. The summed E-state index contributed by atoms with van der Waals surface area (Å²) in [5, 5.41) is 3.38. The van der Waals surface area contributed by atoms with Crippen LogP contribution in [0.4, 0.5) is 10.8 Å². The molecule has 2 heterocycles. The Kier molecular flexibility index (Phi) is 4.40. The van der Waals surface area contributed by atoms with Crippen LogP contribution in [0.5, 0.6) is 0 Å². The molecule has 0 aliphatic carbocycles. The highest BCUT2D eigenvalue weighted by Gasteiger charge is 2.33. The van der Waals surface area contributed by atoms with E-state index in [1.807, 2.05) is 4.90 Å². The molecule has 1 aliphatic heterocycles. The Morgan fingerprint density at radius 3 is 2.76 bits per heavy atom. The first kappa shape index (κ1) is 16.0. The summed E-state index contributed by atoms with van der Waals surface area (Å²) in [5.74, 6) is -0.0708. The molecule has 118 valence electrons. The molecule has 0 radical (unpaired) electrons. The van der Waals surface area contributed by atoms with Gasteiger partial charge in [-0.2, -0.15) is 4.37 Å². The van der Waals surface area contributed by atoms with E-state index in [9.17, 15) is 13.2 Å². The van der Waals surface area contributed by atoms with Gasteiger partial charge in [0.05, 0.1) is 0 Å². The summed E-state index contributed by atoms with van der Waals surface area (Å²) in [6.45, 7) is 2.68. The molecular formula is C11H19N5O3S2. The number of carbonyl (C=O) groups is 1. The van der Waals surface area contributed by atoms with Crippen LogP contribution in [0.2, 0.25) is 0 Å². The summed E-state index contributed by atoms with van der Waals surface area (Å²) >= 11 is 1.07. The normalized spacial score (nSPS) is 19.2. The molecule has 1 amide bonds. The molecule has 1 fully saturated rings. The predicted octanol–water partition coefficient (Wildman–Crippen LogP) is -0.310. The summed E-state index contributed by atoms with van der Waals surface area (Å²) in [6, 6.07) is 0.0146. The molecule has 0 saturated carbocycles. The first-order chi connectivity index (χ1) is 9.73. The number of nitrogens with zero attached hydrogens (tertiary/aromatic N) is 3. The maximum absolute atomic E-state index is 12.4. The van der Waals surface area contributed by atoms with Gasteiger partial charge in [-0.05, 0) is 18.0 Å². The number of anilines is 2. The number of aromatic nitrogens is 1. The monoisotopic (exact) mass is 333 g/mol. The molecule has 10 heteroatoms. The minimum absolute atomic E-state index is 0.0146. The lowest BCUT2D eigenvalue weighted by Gasteiger charge is -2.19. The SMILES string of the molecule is CC(=O)NC1CCN(c2snc(N)c2S(=O)(=O)N(C)C)C1. The zero-order valence-corrected chi connectivity index (χ0v) is 13.8. The van der Waals surface area contributed by atoms with E-state index in [-0.39, 0.29) is 22.7 Å². The fourth-order valence-corrected chi connectivity index (χ4v) is 4.52. The second-order valence-corrected chi connectivity index (χ2v) is 7.96. The molecule has 3 N–H and O–H groups in total. The van der Waals surface area contributed by atoms with E-state index in [4.69, 9.17) is 5.73 Å². The molecule has 0 bridgehead atoms. The summed E-state index contributed by atoms with van der Waals surface area (Å²) in [6.07, 6.45) is 0.763. The number of sulfonamides is 1. The third-order valence-electron chi connectivity index (χ3n) is 3.28. The van der Waals surface area contributed by atoms with E-state index in [0.29, 0.717) is 18.1 Å². The largest absolute Gasteiger partial charge is 0.382 e. The Morgan fingerprint density at radius 2 is 2.19 bits per heavy atom. The predicted molar refractivity (Wildman–Crippen MR) is 81.8 cm³/mol. The maximum Gasteiger partial charge on any atom is 0.249 e. The molecule has 1 aromatic heterocycles. The second-order valence-electron chi connectivity index (χ2n) is 5.12. The van der Waals surface area contributed by atoms with Gasteiger partial charge in [0.25, 0.3) is 0 Å². The molecule has 21 heavy (non-hydrogen) atoms. The number of rotatable bonds is 4. The van der Waals surface area contributed by atoms with Gasteiger partial charge in [-0.15, -0.1) is 0 Å². The van der Waals surface area contributed by atoms with Gasteiger partial charge in [-0.1, -0.05) is 0 Å². The van der Waals surface area contributed by atoms with Crippen molar-refractivity contribution in [3.63, 3.8) is 0 Å². The highest BCUT2D eigenvalue weighted by atomic mass is 32.2. The minimum atomic E-state index is -3.65. The summed E-state index contributed by atoms with van der Waals surface area (Å²) in [5.41, 5.74) is 5.75. The fraction of sp³-hybridized carbons (Fsp3) is 0.636. The van der Waals surface area contributed by atoms with Crippen LogP contribution in [0.1, 0.15) is 13.3 Å². The smallest absolute Gasteiger partial charge is 0.249 e. The number of nitrogens with one attached hydrogen (secondary N) is 1. The summed E-state index contributed by atoms with van der Waals surface area (Å²) < 4.78 is 29.8. The Bertz CT molecular complexity index is 640. The topological polar surface area (TPSA) is 109 Å². The van der Waals surface area contributed by atoms with Crippen molar-refractivity contribution in [2.45, 2.75) is 24.3 Å². The maximum atomic E-state index is 12.4. The van der Waals surface area contributed by atoms with E-state index in [1.54, 1.807) is 0 Å². The lowest BCUT2D eigenvalue weighted by molar-refractivity contribution is -0.119. The molecule has 1 atom stereocenters. The number of amides is 1. The average molecular weight is 333 g/mol. The Morgan fingerprint density at radius 1 is 1.52 bits per heavy atom. The molecule has 1 aromatic rings. The molecule has 1 saturated heterocycles. The van der Waals surface area contributed by atoms with Crippen molar-refractivity contribution in [1.82, 2.24) is 14.0 Å². The first-order valence-electron chi connectivity index (χ1n) is 6.43. The van der Waals surface area contributed by atoms with Crippen LogP contribution in [0.25, 0.3) is 0 Å². The second kappa shape index (κ2) is 5.78. The lowest BCUT2D eigenvalue weighted by Crippen LogP contribution is -2.35. The average Bonchev–Trinajstić information content (AvgIpc) is 2.94. The van der Waals surface area contributed by atoms with Crippen LogP contribution in [-0.2, 0) is 14.8 Å². The third-order valence-corrected chi connectivity index (χ3v) is 6.21. The highest BCUT2D eigenvalue weighted by Crippen LogP contribution is 2.37. The van der Waals surface area contributed by atoms with Crippen LogP contribution < -0.4 is 16.0 Å². The summed E-state index contributed by atoms with van der Waals surface area (Å²) in [7, 11) is -0.728. The molecule has 0 aromatic carbocycles. The van der Waals surface area contributed by atoms with Gasteiger partial charge < -0.3 is 16.0 Å². The van der Waals surface area contributed by atoms with Crippen molar-refractivity contribution in [2.75, 3.05) is 37.8 Å². The van der Waals surface area contributed by atoms with Gasteiger partial charge in [-0.25, -0.2) is 12.7 Å². The van der Waals surface area contributed by atoms with Gasteiger partial charge in [0.15, 0.2) is 10.7 Å². The molecule has 1 aliphatic rings. The Balaban J connectivity index is 2.29. The van der Waals surface area contributed by atoms with Gasteiger partial charge in [-0.3, -0.25) is 4.79 Å². The van der Waals surface area contributed by atoms with Crippen LogP contribution in [-0.4, -0.2) is 56.2 Å². The molecule has 8 nitrogen and oxygen atoms in total. The quantitative estimate of drug-likeness (QED) is 0.782. The summed E-state index contributed by atoms with van der Waals surface area (Å²) in [4.78, 5) is 13.1. The van der Waals surface area contributed by atoms with Crippen LogP contribution in [0, 0.1) is 0 Å². The number of carbonyl (C=O) groups excluding carboxylic acids is 1. The number of nitrogen functional groups attached to an aromatic ring is 1. The molecule has 0 spiro atoms. The van der Waals surface area contributed by atoms with Crippen molar-refractivity contribution >= 4 is 38.3 Å². The standard InChI is InChI=1S/C11H19N5O3S2/c1-7(17)13-8-4-5-16(6-8)11-9(10(12)14-20-11)21(18,19)15(2)3/h8H,4-6H2,1-3H3,(H2,12,14)(H,13,17). The van der Waals surface area contributed by atoms with Crippen molar-refractivity contribution < 1.29 is 13.2 Å². The third kappa shape index (κ3) is 3.11. The van der Waals surface area contributed by atoms with Gasteiger partial charge in [0, 0.05) is 40.2 Å². The zero-order chi connectivity index (χ0) is 15.8. The van der Waals surface area contributed by atoms with E-state index in [2.05, 4.69) is 9.69 Å². The Hall–Kier alpha value is -1.39. The number of hydrogen-bond donors (Lipinski definition) is 2. The molecular weight excluding hydrogens is 314 g/mol. The number of nitrogens with two attached hydrogens (primary N) is 1. The highest BCUT2D eigenvalue weighted by molar-refractivity contribution is 7.89. The van der Waals surface area contributed by atoms with E-state index >= 15 is 0 Å². The van der Waals surface area contributed by atoms with Gasteiger partial charge in [0.2, 0.25) is 15.9 Å². The van der Waals surface area contributed by atoms with Gasteiger partial charge >= 0.3 is 0 Å². The van der Waals surface area contributed by atoms with E-state index in [0.717, 1.165) is 22.3 Å². The Labute approximate surface area is 128 Å². The lowest BCUT2D eigenvalue weighted by atomic mass is 10.3. The van der Waals surface area contributed by atoms with Crippen molar-refractivity contribution in [1.29, 1.82) is 0 Å². The van der Waals surface area contributed by atoms with E-state index < -0.39 is 10.0 Å². The van der Waals surface area contributed by atoms with Crippen LogP contribution >= 0.6 is 11.5 Å². The van der Waals surface area contributed by atoms with Crippen LogP contribution in [0.15, 0.2) is 4.90 Å². The first-order valence-corrected chi connectivity index (χ1v) is 8.64. The van der Waals surface area contributed by atoms with E-state index in [1.165, 1.54) is 21.0 Å². The van der Waals surface area contributed by atoms with Crippen molar-refractivity contribution in [3.8, 4) is 0 Å². The van der Waals surface area contributed by atoms with Crippen LogP contribution in [0.3, 0.4) is 0 Å². The minimum Gasteiger partial charge on any atom is -0.382 e.